The molecule has 6 nitrogen and oxygen atoms in total. The van der Waals surface area contributed by atoms with Gasteiger partial charge in [-0.2, -0.15) is 0 Å². The highest BCUT2D eigenvalue weighted by molar-refractivity contribution is 5.70. The summed E-state index contributed by atoms with van der Waals surface area (Å²) in [6, 6.07) is 1.93. The predicted molar refractivity (Wildman–Crippen MR) is 77.9 cm³/mol. The van der Waals surface area contributed by atoms with Gasteiger partial charge in [-0.1, -0.05) is 13.8 Å². The van der Waals surface area contributed by atoms with Gasteiger partial charge in [0.15, 0.2) is 0 Å². The van der Waals surface area contributed by atoms with Crippen molar-refractivity contribution in [2.45, 2.75) is 26.7 Å². The normalized spacial score (nSPS) is 16.4. The van der Waals surface area contributed by atoms with Gasteiger partial charge in [-0.05, 0) is 18.8 Å². The Morgan fingerprint density at radius 1 is 1.45 bits per heavy atom. The number of aliphatic carboxylic acids is 1. The molecule has 1 aliphatic heterocycles. The Balaban J connectivity index is 1.96. The minimum atomic E-state index is -0.688. The molecule has 0 unspecified atom stereocenters. The van der Waals surface area contributed by atoms with Gasteiger partial charge in [0, 0.05) is 25.7 Å². The van der Waals surface area contributed by atoms with Gasteiger partial charge in [0.1, 0.15) is 18.0 Å². The van der Waals surface area contributed by atoms with E-state index in [9.17, 15) is 4.79 Å². The summed E-state index contributed by atoms with van der Waals surface area (Å²) in [7, 11) is 0. The second-order valence-electron chi connectivity index (χ2n) is 5.64. The molecule has 1 aromatic heterocycles. The van der Waals surface area contributed by atoms with Crippen molar-refractivity contribution in [1.29, 1.82) is 0 Å². The number of rotatable bonds is 5. The van der Waals surface area contributed by atoms with Gasteiger partial charge < -0.3 is 15.3 Å². The van der Waals surface area contributed by atoms with Crippen molar-refractivity contribution < 1.29 is 9.90 Å². The molecule has 0 spiro atoms. The topological polar surface area (TPSA) is 78.4 Å². The van der Waals surface area contributed by atoms with E-state index in [1.807, 2.05) is 6.07 Å². The van der Waals surface area contributed by atoms with Gasteiger partial charge in [-0.3, -0.25) is 4.79 Å². The number of carboxylic acid groups (broad SMARTS) is 1. The highest BCUT2D eigenvalue weighted by atomic mass is 16.4. The largest absolute Gasteiger partial charge is 0.481 e. The Morgan fingerprint density at radius 2 is 2.15 bits per heavy atom. The van der Waals surface area contributed by atoms with Crippen LogP contribution in [0.25, 0.3) is 0 Å². The van der Waals surface area contributed by atoms with Gasteiger partial charge in [0.2, 0.25) is 0 Å². The minimum absolute atomic E-state index is 0.216. The van der Waals surface area contributed by atoms with Crippen LogP contribution >= 0.6 is 0 Å². The van der Waals surface area contributed by atoms with Crippen molar-refractivity contribution in [3.05, 3.63) is 12.4 Å². The Kier molecular flexibility index (Phi) is 4.76. The molecule has 0 amide bonds. The first-order chi connectivity index (χ1) is 9.56. The van der Waals surface area contributed by atoms with Gasteiger partial charge in [0.05, 0.1) is 5.92 Å². The standard InChI is InChI=1S/C14H22N4O2/c1-10(2)8-15-12-7-13(17-9-16-12)18-5-3-11(4-6-18)14(19)20/h7,9-11H,3-6,8H2,1-2H3,(H,19,20)(H,15,16,17). The third kappa shape index (κ3) is 3.82. The molecule has 0 saturated carbocycles. The van der Waals surface area contributed by atoms with E-state index in [1.165, 1.54) is 0 Å². The van der Waals surface area contributed by atoms with E-state index < -0.39 is 5.97 Å². The number of aromatic nitrogens is 2. The summed E-state index contributed by atoms with van der Waals surface area (Å²) in [5.41, 5.74) is 0. The molecule has 2 N–H and O–H groups in total. The van der Waals surface area contributed by atoms with Crippen LogP contribution in [0.15, 0.2) is 12.4 Å². The summed E-state index contributed by atoms with van der Waals surface area (Å²) in [5.74, 6) is 1.34. The molecule has 0 radical (unpaired) electrons. The molecule has 2 heterocycles. The summed E-state index contributed by atoms with van der Waals surface area (Å²) < 4.78 is 0. The third-order valence-corrected chi connectivity index (χ3v) is 3.51. The molecule has 1 aromatic rings. The Labute approximate surface area is 119 Å². The number of anilines is 2. The highest BCUT2D eigenvalue weighted by Gasteiger charge is 2.25. The van der Waals surface area contributed by atoms with Gasteiger partial charge in [-0.25, -0.2) is 9.97 Å². The van der Waals surface area contributed by atoms with Crippen LogP contribution in [0.4, 0.5) is 11.6 Å². The lowest BCUT2D eigenvalue weighted by atomic mass is 9.97. The van der Waals surface area contributed by atoms with Crippen molar-refractivity contribution in [1.82, 2.24) is 9.97 Å². The van der Waals surface area contributed by atoms with Crippen molar-refractivity contribution in [3.8, 4) is 0 Å². The van der Waals surface area contributed by atoms with E-state index in [0.29, 0.717) is 18.8 Å². The molecule has 6 heteroatoms. The third-order valence-electron chi connectivity index (χ3n) is 3.51. The number of hydrogen-bond donors (Lipinski definition) is 2. The molecule has 0 aromatic carbocycles. The zero-order chi connectivity index (χ0) is 14.5. The van der Waals surface area contributed by atoms with Crippen LogP contribution < -0.4 is 10.2 Å². The number of hydrogen-bond acceptors (Lipinski definition) is 5. The van der Waals surface area contributed by atoms with E-state index >= 15 is 0 Å². The van der Waals surface area contributed by atoms with E-state index in [-0.39, 0.29) is 5.92 Å². The zero-order valence-electron chi connectivity index (χ0n) is 12.0. The van der Waals surface area contributed by atoms with Crippen LogP contribution in [0.1, 0.15) is 26.7 Å². The van der Waals surface area contributed by atoms with Crippen molar-refractivity contribution >= 4 is 17.6 Å². The summed E-state index contributed by atoms with van der Waals surface area (Å²) in [6.07, 6.45) is 2.91. The average Bonchev–Trinajstić information content (AvgIpc) is 2.45. The molecule has 0 aliphatic carbocycles. The molecule has 20 heavy (non-hydrogen) atoms. The Morgan fingerprint density at radius 3 is 2.75 bits per heavy atom. The molecule has 1 fully saturated rings. The van der Waals surface area contributed by atoms with Crippen LogP contribution in [0.2, 0.25) is 0 Å². The molecular weight excluding hydrogens is 256 g/mol. The molecule has 0 bridgehead atoms. The zero-order valence-corrected chi connectivity index (χ0v) is 12.0. The van der Waals surface area contributed by atoms with E-state index in [2.05, 4.69) is 34.0 Å². The first kappa shape index (κ1) is 14.6. The van der Waals surface area contributed by atoms with E-state index in [0.717, 1.165) is 31.3 Å². The number of carbonyl (C=O) groups is 1. The molecule has 0 atom stereocenters. The number of nitrogens with zero attached hydrogens (tertiary/aromatic N) is 3. The molecule has 1 saturated heterocycles. The van der Waals surface area contributed by atoms with Crippen molar-refractivity contribution in [2.75, 3.05) is 29.9 Å². The Bertz CT molecular complexity index is 456. The van der Waals surface area contributed by atoms with Crippen LogP contribution in [-0.4, -0.2) is 40.7 Å². The second-order valence-corrected chi connectivity index (χ2v) is 5.64. The quantitative estimate of drug-likeness (QED) is 0.855. The van der Waals surface area contributed by atoms with Crippen LogP contribution in [0.5, 0.6) is 0 Å². The average molecular weight is 278 g/mol. The number of carboxylic acids is 1. The lowest BCUT2D eigenvalue weighted by molar-refractivity contribution is -0.142. The molecule has 1 aliphatic rings. The van der Waals surface area contributed by atoms with E-state index in [4.69, 9.17) is 5.11 Å². The van der Waals surface area contributed by atoms with Crippen molar-refractivity contribution in [3.63, 3.8) is 0 Å². The molecule has 110 valence electrons. The first-order valence-corrected chi connectivity index (χ1v) is 7.10. The van der Waals surface area contributed by atoms with Gasteiger partial charge in [0.25, 0.3) is 0 Å². The van der Waals surface area contributed by atoms with E-state index in [1.54, 1.807) is 6.33 Å². The SMILES string of the molecule is CC(C)CNc1cc(N2CCC(C(=O)O)CC2)ncn1. The highest BCUT2D eigenvalue weighted by Crippen LogP contribution is 2.22. The smallest absolute Gasteiger partial charge is 0.306 e. The maximum absolute atomic E-state index is 10.9. The van der Waals surface area contributed by atoms with Crippen LogP contribution in [0, 0.1) is 11.8 Å². The monoisotopic (exact) mass is 278 g/mol. The molecular formula is C14H22N4O2. The number of nitrogens with one attached hydrogen (secondary N) is 1. The fourth-order valence-corrected chi connectivity index (χ4v) is 2.28. The summed E-state index contributed by atoms with van der Waals surface area (Å²) in [5, 5.41) is 12.3. The number of piperidine rings is 1. The maximum atomic E-state index is 10.9. The van der Waals surface area contributed by atoms with Crippen molar-refractivity contribution in [2.24, 2.45) is 11.8 Å². The lowest BCUT2D eigenvalue weighted by Crippen LogP contribution is -2.36. The summed E-state index contributed by atoms with van der Waals surface area (Å²) >= 11 is 0. The Hall–Kier alpha value is -1.85. The lowest BCUT2D eigenvalue weighted by Gasteiger charge is -2.31. The molecule has 2 rings (SSSR count). The van der Waals surface area contributed by atoms with Crippen LogP contribution in [-0.2, 0) is 4.79 Å². The fraction of sp³-hybridized carbons (Fsp3) is 0.643. The second kappa shape index (κ2) is 6.54. The van der Waals surface area contributed by atoms with Gasteiger partial charge in [-0.15, -0.1) is 0 Å². The summed E-state index contributed by atoms with van der Waals surface area (Å²) in [6.45, 7) is 6.63. The first-order valence-electron chi connectivity index (χ1n) is 7.10. The van der Waals surface area contributed by atoms with Gasteiger partial charge >= 0.3 is 5.97 Å². The predicted octanol–water partition coefficient (Wildman–Crippen LogP) is 1.85. The minimum Gasteiger partial charge on any atom is -0.481 e. The van der Waals surface area contributed by atoms with Crippen LogP contribution in [0.3, 0.4) is 0 Å². The fourth-order valence-electron chi connectivity index (χ4n) is 2.28. The maximum Gasteiger partial charge on any atom is 0.306 e. The summed E-state index contributed by atoms with van der Waals surface area (Å²) in [4.78, 5) is 21.6.